The minimum Gasteiger partial charge on any atom is -0.390 e. The van der Waals surface area contributed by atoms with E-state index >= 15 is 0 Å². The highest BCUT2D eigenvalue weighted by Crippen LogP contribution is 2.46. The molecule has 0 aromatic rings. The van der Waals surface area contributed by atoms with Crippen LogP contribution in [0.1, 0.15) is 27.7 Å². The lowest BCUT2D eigenvalue weighted by Gasteiger charge is -2.29. The summed E-state index contributed by atoms with van der Waals surface area (Å²) in [5.74, 6) is 0. The van der Waals surface area contributed by atoms with Crippen molar-refractivity contribution < 1.29 is 9.84 Å². The van der Waals surface area contributed by atoms with E-state index in [9.17, 15) is 5.11 Å². The first-order chi connectivity index (χ1) is 4.40. The number of rotatable bonds is 1. The van der Waals surface area contributed by atoms with Gasteiger partial charge in [0, 0.05) is 0 Å². The predicted octanol–water partition coefficient (Wildman–Crippen LogP) is 1.18. The zero-order chi connectivity index (χ0) is 7.99. The number of hydrogen-bond acceptors (Lipinski definition) is 2. The van der Waals surface area contributed by atoms with Crippen molar-refractivity contribution in [1.82, 2.24) is 0 Å². The van der Waals surface area contributed by atoms with Crippen LogP contribution >= 0.6 is 0 Å². The monoisotopic (exact) mass is 144 g/mol. The summed E-state index contributed by atoms with van der Waals surface area (Å²) in [7, 11) is 0. The summed E-state index contributed by atoms with van der Waals surface area (Å²) in [5.41, 5.74) is -0.200. The highest BCUT2D eigenvalue weighted by molar-refractivity contribution is 5.05. The van der Waals surface area contributed by atoms with E-state index in [1.54, 1.807) is 6.92 Å². The van der Waals surface area contributed by atoms with Gasteiger partial charge in [0.2, 0.25) is 0 Å². The molecule has 1 heterocycles. The van der Waals surface area contributed by atoms with E-state index < -0.39 is 0 Å². The van der Waals surface area contributed by atoms with E-state index in [2.05, 4.69) is 20.8 Å². The van der Waals surface area contributed by atoms with E-state index in [1.807, 2.05) is 0 Å². The summed E-state index contributed by atoms with van der Waals surface area (Å²) >= 11 is 0. The van der Waals surface area contributed by atoms with E-state index in [0.717, 1.165) is 0 Å². The van der Waals surface area contributed by atoms with E-state index in [4.69, 9.17) is 4.74 Å². The van der Waals surface area contributed by atoms with Crippen molar-refractivity contribution in [3.63, 3.8) is 0 Å². The normalized spacial score (nSPS) is 35.7. The molecule has 0 aliphatic carbocycles. The molecule has 0 radical (unpaired) electrons. The molecule has 1 saturated heterocycles. The SMILES string of the molecule is CC(O)C1(C(C)(C)C)CO1. The molecule has 1 N–H and O–H groups in total. The largest absolute Gasteiger partial charge is 0.390 e. The summed E-state index contributed by atoms with van der Waals surface area (Å²) in [6.45, 7) is 8.76. The topological polar surface area (TPSA) is 32.8 Å². The maximum Gasteiger partial charge on any atom is 0.122 e. The number of epoxide rings is 1. The Bertz CT molecular complexity index is 129. The molecule has 0 bridgehead atoms. The van der Waals surface area contributed by atoms with Crippen LogP contribution in [0, 0.1) is 5.41 Å². The van der Waals surface area contributed by atoms with Crippen LogP contribution in [0.3, 0.4) is 0 Å². The van der Waals surface area contributed by atoms with Crippen LogP contribution in [0.2, 0.25) is 0 Å². The van der Waals surface area contributed by atoms with Gasteiger partial charge in [-0.3, -0.25) is 0 Å². The van der Waals surface area contributed by atoms with Gasteiger partial charge in [-0.15, -0.1) is 0 Å². The fourth-order valence-electron chi connectivity index (χ4n) is 1.38. The molecule has 0 spiro atoms. The van der Waals surface area contributed by atoms with Crippen LogP contribution < -0.4 is 0 Å². The quantitative estimate of drug-likeness (QED) is 0.560. The standard InChI is InChI=1S/C8H16O2/c1-6(9)8(5-10-8)7(2,3)4/h6,9H,5H2,1-4H3. The van der Waals surface area contributed by atoms with Crippen molar-refractivity contribution in [2.24, 2.45) is 5.41 Å². The molecule has 60 valence electrons. The second-order valence-corrected chi connectivity index (χ2v) is 4.10. The van der Waals surface area contributed by atoms with Crippen molar-refractivity contribution in [2.75, 3.05) is 6.61 Å². The molecule has 1 fully saturated rings. The Hall–Kier alpha value is -0.0800. The lowest BCUT2D eigenvalue weighted by molar-refractivity contribution is 0.0211. The van der Waals surface area contributed by atoms with Crippen molar-refractivity contribution in [3.05, 3.63) is 0 Å². The second-order valence-electron chi connectivity index (χ2n) is 4.10. The average Bonchev–Trinajstić information content (AvgIpc) is 2.36. The van der Waals surface area contributed by atoms with Crippen LogP contribution in [-0.2, 0) is 4.74 Å². The number of ether oxygens (including phenoxy) is 1. The lowest BCUT2D eigenvalue weighted by Crippen LogP contribution is -2.40. The van der Waals surface area contributed by atoms with Gasteiger partial charge in [-0.2, -0.15) is 0 Å². The molecule has 2 nitrogen and oxygen atoms in total. The zero-order valence-electron chi connectivity index (χ0n) is 7.14. The fraction of sp³-hybridized carbons (Fsp3) is 1.00. The first-order valence-electron chi connectivity index (χ1n) is 3.72. The van der Waals surface area contributed by atoms with Crippen LogP contribution in [0.4, 0.5) is 0 Å². The molecule has 1 aliphatic rings. The Morgan fingerprint density at radius 1 is 1.50 bits per heavy atom. The summed E-state index contributed by atoms with van der Waals surface area (Å²) in [6.07, 6.45) is -0.354. The summed E-state index contributed by atoms with van der Waals surface area (Å²) in [6, 6.07) is 0. The molecular weight excluding hydrogens is 128 g/mol. The molecule has 0 saturated carbocycles. The number of aliphatic hydroxyl groups excluding tert-OH is 1. The summed E-state index contributed by atoms with van der Waals surface area (Å²) in [5, 5.41) is 9.35. The minimum atomic E-state index is -0.354. The van der Waals surface area contributed by atoms with Gasteiger partial charge in [0.1, 0.15) is 5.60 Å². The fourth-order valence-corrected chi connectivity index (χ4v) is 1.38. The summed E-state index contributed by atoms with van der Waals surface area (Å²) in [4.78, 5) is 0. The Labute approximate surface area is 62.2 Å². The van der Waals surface area contributed by atoms with E-state index in [1.165, 1.54) is 0 Å². The molecule has 2 heteroatoms. The molecule has 1 aliphatic heterocycles. The van der Waals surface area contributed by atoms with Crippen molar-refractivity contribution in [2.45, 2.75) is 39.4 Å². The van der Waals surface area contributed by atoms with E-state index in [0.29, 0.717) is 6.61 Å². The summed E-state index contributed by atoms with van der Waals surface area (Å²) < 4.78 is 5.27. The number of aliphatic hydroxyl groups is 1. The van der Waals surface area contributed by atoms with E-state index in [-0.39, 0.29) is 17.1 Å². The third kappa shape index (κ3) is 0.956. The first kappa shape index (κ1) is 8.02. The Morgan fingerprint density at radius 3 is 1.90 bits per heavy atom. The minimum absolute atomic E-state index is 0.0567. The highest BCUT2D eigenvalue weighted by Gasteiger charge is 2.57. The molecule has 1 rings (SSSR count). The predicted molar refractivity (Wildman–Crippen MR) is 39.8 cm³/mol. The van der Waals surface area contributed by atoms with Crippen molar-refractivity contribution in [3.8, 4) is 0 Å². The van der Waals surface area contributed by atoms with Gasteiger partial charge in [-0.25, -0.2) is 0 Å². The van der Waals surface area contributed by atoms with Crippen LogP contribution in [0.15, 0.2) is 0 Å². The van der Waals surface area contributed by atoms with Crippen LogP contribution in [-0.4, -0.2) is 23.4 Å². The first-order valence-corrected chi connectivity index (χ1v) is 3.72. The van der Waals surface area contributed by atoms with Gasteiger partial charge >= 0.3 is 0 Å². The molecule has 0 aromatic heterocycles. The van der Waals surface area contributed by atoms with Gasteiger partial charge in [-0.1, -0.05) is 20.8 Å². The van der Waals surface area contributed by atoms with Crippen LogP contribution in [0.5, 0.6) is 0 Å². The maximum atomic E-state index is 9.35. The van der Waals surface area contributed by atoms with Crippen molar-refractivity contribution >= 4 is 0 Å². The van der Waals surface area contributed by atoms with Gasteiger partial charge in [0.05, 0.1) is 12.7 Å². The Balaban J connectivity index is 2.70. The van der Waals surface area contributed by atoms with Crippen LogP contribution in [0.25, 0.3) is 0 Å². The third-order valence-electron chi connectivity index (χ3n) is 2.40. The molecule has 0 aromatic carbocycles. The highest BCUT2D eigenvalue weighted by atomic mass is 16.6. The number of hydrogen-bond donors (Lipinski definition) is 1. The van der Waals surface area contributed by atoms with Gasteiger partial charge in [-0.05, 0) is 12.3 Å². The second kappa shape index (κ2) is 1.95. The van der Waals surface area contributed by atoms with Gasteiger partial charge in [0.25, 0.3) is 0 Å². The maximum absolute atomic E-state index is 9.35. The van der Waals surface area contributed by atoms with Gasteiger partial charge in [0.15, 0.2) is 0 Å². The average molecular weight is 144 g/mol. The Kier molecular flexibility index (Phi) is 1.57. The molecule has 0 amide bonds. The zero-order valence-corrected chi connectivity index (χ0v) is 7.14. The smallest absolute Gasteiger partial charge is 0.122 e. The lowest BCUT2D eigenvalue weighted by atomic mass is 9.78. The Morgan fingerprint density at radius 2 is 1.90 bits per heavy atom. The molecule has 2 unspecified atom stereocenters. The molecule has 2 atom stereocenters. The molecule has 10 heavy (non-hydrogen) atoms. The molecular formula is C8H16O2. The van der Waals surface area contributed by atoms with Crippen molar-refractivity contribution in [1.29, 1.82) is 0 Å². The third-order valence-corrected chi connectivity index (χ3v) is 2.40. The van der Waals surface area contributed by atoms with Gasteiger partial charge < -0.3 is 9.84 Å².